The predicted molar refractivity (Wildman–Crippen MR) is 53.9 cm³/mol. The van der Waals surface area contributed by atoms with Crippen molar-refractivity contribution in [3.05, 3.63) is 22.4 Å². The monoisotopic (exact) mass is 195 g/mol. The molecule has 1 aliphatic rings. The van der Waals surface area contributed by atoms with Crippen LogP contribution in [0.15, 0.2) is 17.5 Å². The lowest BCUT2D eigenvalue weighted by atomic mass is 9.83. The molecule has 1 aromatic heterocycles. The maximum atomic E-state index is 11.2. The molecule has 2 heterocycles. The van der Waals surface area contributed by atoms with Crippen LogP contribution in [0.1, 0.15) is 24.6 Å². The second-order valence-corrected chi connectivity index (χ2v) is 4.51. The van der Waals surface area contributed by atoms with E-state index in [1.165, 1.54) is 4.88 Å². The Balaban J connectivity index is 2.31. The minimum absolute atomic E-state index is 0.0885. The average Bonchev–Trinajstić information content (AvgIpc) is 2.73. The van der Waals surface area contributed by atoms with Crippen LogP contribution in [-0.4, -0.2) is 12.5 Å². The van der Waals surface area contributed by atoms with Gasteiger partial charge in [0.1, 0.15) is 0 Å². The number of carbonyl (C=O) groups excluding carboxylic acids is 1. The number of amides is 1. The molecule has 0 radical (unpaired) electrons. The first-order valence-electron chi connectivity index (χ1n) is 4.57. The van der Waals surface area contributed by atoms with E-state index in [1.54, 1.807) is 11.3 Å². The first kappa shape index (κ1) is 8.75. The third-order valence-electron chi connectivity index (χ3n) is 2.84. The molecule has 13 heavy (non-hydrogen) atoms. The quantitative estimate of drug-likeness (QED) is 0.767. The molecule has 0 bridgehead atoms. The van der Waals surface area contributed by atoms with E-state index in [1.807, 2.05) is 0 Å². The maximum absolute atomic E-state index is 11.2. The van der Waals surface area contributed by atoms with Crippen LogP contribution in [0.5, 0.6) is 0 Å². The summed E-state index contributed by atoms with van der Waals surface area (Å²) in [6, 6.07) is 4.19. The van der Waals surface area contributed by atoms with Crippen LogP contribution in [0, 0.1) is 0 Å². The van der Waals surface area contributed by atoms with Crippen LogP contribution in [0.3, 0.4) is 0 Å². The second-order valence-electron chi connectivity index (χ2n) is 3.56. The highest BCUT2D eigenvalue weighted by Crippen LogP contribution is 2.36. The van der Waals surface area contributed by atoms with Crippen molar-refractivity contribution >= 4 is 17.2 Å². The molecule has 1 unspecified atom stereocenters. The summed E-state index contributed by atoms with van der Waals surface area (Å²) in [6.45, 7) is 2.96. The van der Waals surface area contributed by atoms with E-state index in [9.17, 15) is 4.79 Å². The van der Waals surface area contributed by atoms with Gasteiger partial charge in [-0.05, 0) is 17.9 Å². The van der Waals surface area contributed by atoms with Gasteiger partial charge in [-0.1, -0.05) is 13.0 Å². The van der Waals surface area contributed by atoms with Gasteiger partial charge in [0.15, 0.2) is 0 Å². The van der Waals surface area contributed by atoms with Crippen LogP contribution in [0.25, 0.3) is 0 Å². The molecule has 1 aromatic rings. The van der Waals surface area contributed by atoms with Crippen molar-refractivity contribution in [3.63, 3.8) is 0 Å². The molecule has 70 valence electrons. The summed E-state index contributed by atoms with van der Waals surface area (Å²) in [5.74, 6) is 0.190. The Morgan fingerprint density at radius 2 is 2.54 bits per heavy atom. The summed E-state index contributed by atoms with van der Waals surface area (Å²) >= 11 is 1.75. The van der Waals surface area contributed by atoms with Crippen LogP contribution >= 0.6 is 11.3 Å². The molecule has 0 spiro atoms. The molecule has 1 fully saturated rings. The molecule has 1 aliphatic heterocycles. The zero-order valence-electron chi connectivity index (χ0n) is 7.67. The Bertz CT molecular complexity index is 307. The van der Waals surface area contributed by atoms with Crippen molar-refractivity contribution in [1.82, 2.24) is 5.32 Å². The summed E-state index contributed by atoms with van der Waals surface area (Å²) in [6.07, 6.45) is 1.69. The third-order valence-corrected chi connectivity index (χ3v) is 3.96. The van der Waals surface area contributed by atoms with E-state index in [0.717, 1.165) is 13.0 Å². The zero-order chi connectivity index (χ0) is 9.31. The normalized spacial score (nSPS) is 27.6. The lowest BCUT2D eigenvalue weighted by Gasteiger charge is -2.23. The van der Waals surface area contributed by atoms with E-state index in [4.69, 9.17) is 0 Å². The molecular formula is C10H13NOS. The summed E-state index contributed by atoms with van der Waals surface area (Å²) in [7, 11) is 0. The van der Waals surface area contributed by atoms with E-state index in [-0.39, 0.29) is 11.3 Å². The Kier molecular flexibility index (Phi) is 2.12. The van der Waals surface area contributed by atoms with Crippen molar-refractivity contribution in [2.45, 2.75) is 25.2 Å². The average molecular weight is 195 g/mol. The molecule has 1 N–H and O–H groups in total. The Labute approximate surface area is 82.0 Å². The SMILES string of the molecule is CCC1(c2cccs2)CNC(=O)C1. The first-order valence-corrected chi connectivity index (χ1v) is 5.45. The number of hydrogen-bond donors (Lipinski definition) is 1. The van der Waals surface area contributed by atoms with Gasteiger partial charge in [-0.2, -0.15) is 0 Å². The van der Waals surface area contributed by atoms with Gasteiger partial charge in [0.25, 0.3) is 0 Å². The number of thiophene rings is 1. The van der Waals surface area contributed by atoms with Gasteiger partial charge in [-0.15, -0.1) is 11.3 Å². The molecule has 2 nitrogen and oxygen atoms in total. The van der Waals surface area contributed by atoms with Crippen molar-refractivity contribution in [2.24, 2.45) is 0 Å². The Morgan fingerprint density at radius 3 is 3.00 bits per heavy atom. The molecule has 1 amide bonds. The van der Waals surface area contributed by atoms with Gasteiger partial charge in [0, 0.05) is 23.3 Å². The number of carbonyl (C=O) groups is 1. The fraction of sp³-hybridized carbons (Fsp3) is 0.500. The van der Waals surface area contributed by atoms with Gasteiger partial charge in [-0.3, -0.25) is 4.79 Å². The van der Waals surface area contributed by atoms with E-state index in [2.05, 4.69) is 29.8 Å². The highest BCUT2D eigenvalue weighted by Gasteiger charge is 2.38. The predicted octanol–water partition coefficient (Wildman–Crippen LogP) is 1.92. The first-order chi connectivity index (χ1) is 6.27. The van der Waals surface area contributed by atoms with E-state index >= 15 is 0 Å². The highest BCUT2D eigenvalue weighted by molar-refractivity contribution is 7.10. The minimum Gasteiger partial charge on any atom is -0.355 e. The fourth-order valence-corrected chi connectivity index (χ4v) is 2.88. The maximum Gasteiger partial charge on any atom is 0.221 e. The van der Waals surface area contributed by atoms with E-state index in [0.29, 0.717) is 6.42 Å². The summed E-state index contributed by atoms with van der Waals surface area (Å²) in [5, 5.41) is 5.00. The smallest absolute Gasteiger partial charge is 0.221 e. The van der Waals surface area contributed by atoms with Gasteiger partial charge in [0.05, 0.1) is 0 Å². The Hall–Kier alpha value is -0.830. The molecule has 1 saturated heterocycles. The van der Waals surface area contributed by atoms with Gasteiger partial charge >= 0.3 is 0 Å². The second kappa shape index (κ2) is 3.14. The summed E-state index contributed by atoms with van der Waals surface area (Å²) in [4.78, 5) is 12.5. The summed E-state index contributed by atoms with van der Waals surface area (Å²) < 4.78 is 0. The fourth-order valence-electron chi connectivity index (χ4n) is 1.88. The Morgan fingerprint density at radius 1 is 1.69 bits per heavy atom. The van der Waals surface area contributed by atoms with Crippen LogP contribution < -0.4 is 5.32 Å². The molecule has 0 aliphatic carbocycles. The molecular weight excluding hydrogens is 182 g/mol. The zero-order valence-corrected chi connectivity index (χ0v) is 8.49. The minimum atomic E-state index is 0.0885. The molecule has 2 rings (SSSR count). The number of rotatable bonds is 2. The lowest BCUT2D eigenvalue weighted by Crippen LogP contribution is -2.26. The molecule has 3 heteroatoms. The van der Waals surface area contributed by atoms with Crippen LogP contribution in [0.4, 0.5) is 0 Å². The van der Waals surface area contributed by atoms with Crippen molar-refractivity contribution < 1.29 is 4.79 Å². The standard InChI is InChI=1S/C10H13NOS/c1-2-10(6-9(12)11-7-10)8-4-3-5-13-8/h3-5H,2,6-7H2,1H3,(H,11,12). The largest absolute Gasteiger partial charge is 0.355 e. The van der Waals surface area contributed by atoms with Crippen LogP contribution in [-0.2, 0) is 10.2 Å². The van der Waals surface area contributed by atoms with Crippen molar-refractivity contribution in [3.8, 4) is 0 Å². The number of hydrogen-bond acceptors (Lipinski definition) is 2. The number of nitrogens with one attached hydrogen (secondary N) is 1. The van der Waals surface area contributed by atoms with Gasteiger partial charge < -0.3 is 5.32 Å². The topological polar surface area (TPSA) is 29.1 Å². The summed E-state index contributed by atoms with van der Waals surface area (Å²) in [5.41, 5.74) is 0.0885. The molecule has 1 atom stereocenters. The van der Waals surface area contributed by atoms with E-state index < -0.39 is 0 Å². The van der Waals surface area contributed by atoms with Gasteiger partial charge in [0.2, 0.25) is 5.91 Å². The lowest BCUT2D eigenvalue weighted by molar-refractivity contribution is -0.119. The van der Waals surface area contributed by atoms with Crippen molar-refractivity contribution in [2.75, 3.05) is 6.54 Å². The highest BCUT2D eigenvalue weighted by atomic mass is 32.1. The molecule has 0 saturated carbocycles. The van der Waals surface area contributed by atoms with Crippen molar-refractivity contribution in [1.29, 1.82) is 0 Å². The molecule has 0 aromatic carbocycles. The van der Waals surface area contributed by atoms with Crippen LogP contribution in [0.2, 0.25) is 0 Å². The van der Waals surface area contributed by atoms with Gasteiger partial charge in [-0.25, -0.2) is 0 Å². The third kappa shape index (κ3) is 1.37.